The van der Waals surface area contributed by atoms with Gasteiger partial charge in [0.05, 0.1) is 11.7 Å². The molecule has 29 heavy (non-hydrogen) atoms. The Hall–Kier alpha value is -3.73. The van der Waals surface area contributed by atoms with Crippen molar-refractivity contribution in [2.24, 2.45) is 5.73 Å². The van der Waals surface area contributed by atoms with Crippen LogP contribution in [0.25, 0.3) is 6.08 Å². The summed E-state index contributed by atoms with van der Waals surface area (Å²) >= 11 is 0. The van der Waals surface area contributed by atoms with Gasteiger partial charge >= 0.3 is 0 Å². The predicted molar refractivity (Wildman–Crippen MR) is 113 cm³/mol. The third kappa shape index (κ3) is 3.80. The molecule has 2 atom stereocenters. The quantitative estimate of drug-likeness (QED) is 0.663. The Balaban J connectivity index is 1.84. The summed E-state index contributed by atoms with van der Waals surface area (Å²) in [6, 6.07) is 22.1. The van der Waals surface area contributed by atoms with Crippen molar-refractivity contribution in [2.75, 3.05) is 4.90 Å². The third-order valence-corrected chi connectivity index (χ3v) is 5.12. The molecule has 4 rings (SSSR count). The maximum atomic E-state index is 13.0. The van der Waals surface area contributed by atoms with Gasteiger partial charge in [-0.25, -0.2) is 0 Å². The number of hydrogen-bond acceptors (Lipinski definition) is 4. The number of nitrogens with two attached hydrogens (primary N) is 1. The number of primary amides is 1. The van der Waals surface area contributed by atoms with Crippen molar-refractivity contribution >= 4 is 23.5 Å². The van der Waals surface area contributed by atoms with Crippen LogP contribution in [0.3, 0.4) is 0 Å². The molecule has 1 amide bonds. The SMILES string of the molecule is NC(=O)C(=O)C(Cc1ccccc1)N1c2ccccc2C=CC1c1ccccn1. The van der Waals surface area contributed by atoms with E-state index in [1.54, 1.807) is 6.20 Å². The number of fused-ring (bicyclic) bond motifs is 1. The number of anilines is 1. The lowest BCUT2D eigenvalue weighted by atomic mass is 9.93. The van der Waals surface area contributed by atoms with Crippen LogP contribution in [0.5, 0.6) is 0 Å². The minimum Gasteiger partial charge on any atom is -0.363 e. The molecule has 0 saturated heterocycles. The Bertz CT molecular complexity index is 1050. The number of pyridine rings is 1. The van der Waals surface area contributed by atoms with Crippen molar-refractivity contribution < 1.29 is 9.59 Å². The smallest absolute Gasteiger partial charge is 0.287 e. The average Bonchev–Trinajstić information content (AvgIpc) is 2.77. The summed E-state index contributed by atoms with van der Waals surface area (Å²) < 4.78 is 0. The number of amides is 1. The lowest BCUT2D eigenvalue weighted by Crippen LogP contribution is -2.50. The highest BCUT2D eigenvalue weighted by molar-refractivity contribution is 6.38. The molecule has 1 aliphatic rings. The zero-order chi connectivity index (χ0) is 20.2. The van der Waals surface area contributed by atoms with Crippen LogP contribution < -0.4 is 10.6 Å². The van der Waals surface area contributed by atoms with Crippen molar-refractivity contribution in [3.8, 4) is 0 Å². The standard InChI is InChI=1S/C24H21N3O2/c25-24(29)23(28)22(16-17-8-2-1-3-9-17)27-20-12-5-4-10-18(20)13-14-21(27)19-11-6-7-15-26-19/h1-15,21-22H,16H2,(H2,25,29). The van der Waals surface area contributed by atoms with Crippen LogP contribution in [0, 0.1) is 0 Å². The van der Waals surface area contributed by atoms with Crippen molar-refractivity contribution in [1.82, 2.24) is 4.98 Å². The van der Waals surface area contributed by atoms with E-state index in [0.717, 1.165) is 22.5 Å². The molecule has 2 N–H and O–H groups in total. The van der Waals surface area contributed by atoms with Gasteiger partial charge in [0.15, 0.2) is 0 Å². The summed E-state index contributed by atoms with van der Waals surface area (Å²) in [5.41, 5.74) is 9.07. The Labute approximate surface area is 169 Å². The Morgan fingerprint density at radius 2 is 1.69 bits per heavy atom. The Morgan fingerprint density at radius 1 is 0.966 bits per heavy atom. The fraction of sp³-hybridized carbons (Fsp3) is 0.125. The highest BCUT2D eigenvalue weighted by Gasteiger charge is 2.36. The first-order valence-electron chi connectivity index (χ1n) is 9.49. The summed E-state index contributed by atoms with van der Waals surface area (Å²) in [6.07, 6.45) is 6.13. The number of rotatable bonds is 6. The molecule has 1 aromatic heterocycles. The van der Waals surface area contributed by atoms with Gasteiger partial charge in [-0.1, -0.05) is 66.7 Å². The van der Waals surface area contributed by atoms with Crippen LogP contribution in [0.15, 0.2) is 85.1 Å². The van der Waals surface area contributed by atoms with E-state index in [9.17, 15) is 9.59 Å². The molecule has 2 unspecified atom stereocenters. The Kier molecular flexibility index (Phi) is 5.20. The van der Waals surface area contributed by atoms with Crippen LogP contribution in [0.4, 0.5) is 5.69 Å². The van der Waals surface area contributed by atoms with Crippen LogP contribution in [0.2, 0.25) is 0 Å². The first-order valence-corrected chi connectivity index (χ1v) is 9.49. The van der Waals surface area contributed by atoms with E-state index < -0.39 is 17.7 Å². The molecule has 0 aliphatic carbocycles. The van der Waals surface area contributed by atoms with E-state index in [0.29, 0.717) is 6.42 Å². The van der Waals surface area contributed by atoms with Gasteiger partial charge in [-0.2, -0.15) is 0 Å². The molecule has 0 bridgehead atoms. The first kappa shape index (κ1) is 18.6. The zero-order valence-corrected chi connectivity index (χ0v) is 15.8. The third-order valence-electron chi connectivity index (χ3n) is 5.12. The number of para-hydroxylation sites is 1. The van der Waals surface area contributed by atoms with E-state index in [-0.39, 0.29) is 6.04 Å². The molecule has 2 heterocycles. The van der Waals surface area contributed by atoms with Crippen molar-refractivity contribution in [2.45, 2.75) is 18.5 Å². The van der Waals surface area contributed by atoms with Crippen molar-refractivity contribution in [3.05, 3.63) is 102 Å². The van der Waals surface area contributed by atoms with Gasteiger partial charge in [0.25, 0.3) is 5.91 Å². The number of nitrogens with zero attached hydrogens (tertiary/aromatic N) is 2. The summed E-state index contributed by atoms with van der Waals surface area (Å²) in [5, 5.41) is 0. The van der Waals surface area contributed by atoms with Crippen molar-refractivity contribution in [3.63, 3.8) is 0 Å². The monoisotopic (exact) mass is 383 g/mol. The van der Waals surface area contributed by atoms with Crippen LogP contribution >= 0.6 is 0 Å². The molecule has 5 heteroatoms. The number of ketones is 1. The molecular formula is C24H21N3O2. The van der Waals surface area contributed by atoms with Gasteiger partial charge in [-0.3, -0.25) is 14.6 Å². The average molecular weight is 383 g/mol. The zero-order valence-electron chi connectivity index (χ0n) is 15.8. The Morgan fingerprint density at radius 3 is 2.41 bits per heavy atom. The van der Waals surface area contributed by atoms with Gasteiger partial charge < -0.3 is 10.6 Å². The fourth-order valence-electron chi connectivity index (χ4n) is 3.77. The number of aromatic nitrogens is 1. The summed E-state index contributed by atoms with van der Waals surface area (Å²) in [5.74, 6) is -1.54. The normalized spacial score (nSPS) is 16.1. The van der Waals surface area contributed by atoms with E-state index >= 15 is 0 Å². The molecule has 1 aliphatic heterocycles. The number of hydrogen-bond donors (Lipinski definition) is 1. The van der Waals surface area contributed by atoms with Crippen LogP contribution in [0.1, 0.15) is 22.9 Å². The lowest BCUT2D eigenvalue weighted by Gasteiger charge is -2.40. The van der Waals surface area contributed by atoms with Gasteiger partial charge in [0.1, 0.15) is 6.04 Å². The van der Waals surface area contributed by atoms with Gasteiger partial charge in [0, 0.05) is 18.3 Å². The molecule has 0 saturated carbocycles. The molecule has 5 nitrogen and oxygen atoms in total. The minimum atomic E-state index is -0.933. The molecule has 0 radical (unpaired) electrons. The largest absolute Gasteiger partial charge is 0.363 e. The number of benzene rings is 2. The first-order chi connectivity index (χ1) is 14.1. The summed E-state index contributed by atoms with van der Waals surface area (Å²) in [7, 11) is 0. The summed E-state index contributed by atoms with van der Waals surface area (Å²) in [4.78, 5) is 31.4. The van der Waals surface area contributed by atoms with Crippen molar-refractivity contribution in [1.29, 1.82) is 0 Å². The summed E-state index contributed by atoms with van der Waals surface area (Å²) in [6.45, 7) is 0. The lowest BCUT2D eigenvalue weighted by molar-refractivity contribution is -0.136. The molecule has 2 aromatic carbocycles. The molecular weight excluding hydrogens is 362 g/mol. The van der Waals surface area contributed by atoms with Crippen LogP contribution in [-0.4, -0.2) is 22.7 Å². The molecule has 0 fully saturated rings. The van der Waals surface area contributed by atoms with E-state index in [2.05, 4.69) is 4.98 Å². The highest BCUT2D eigenvalue weighted by atomic mass is 16.2. The molecule has 144 valence electrons. The highest BCUT2D eigenvalue weighted by Crippen LogP contribution is 2.38. The van der Waals surface area contributed by atoms with Gasteiger partial charge in [-0.15, -0.1) is 0 Å². The number of carbonyl (C=O) groups is 2. The maximum Gasteiger partial charge on any atom is 0.287 e. The minimum absolute atomic E-state index is 0.289. The topological polar surface area (TPSA) is 76.3 Å². The maximum absolute atomic E-state index is 13.0. The van der Waals surface area contributed by atoms with E-state index in [1.165, 1.54) is 0 Å². The van der Waals surface area contributed by atoms with Gasteiger partial charge in [-0.05, 0) is 29.3 Å². The second kappa shape index (κ2) is 8.10. The number of Topliss-reactive ketones (excluding diaryl/α,β-unsaturated/α-hetero) is 1. The van der Waals surface area contributed by atoms with Crippen LogP contribution in [-0.2, 0) is 16.0 Å². The molecule has 3 aromatic rings. The van der Waals surface area contributed by atoms with E-state index in [4.69, 9.17) is 5.73 Å². The van der Waals surface area contributed by atoms with Gasteiger partial charge in [0.2, 0.25) is 5.78 Å². The fourth-order valence-corrected chi connectivity index (χ4v) is 3.77. The van der Waals surface area contributed by atoms with E-state index in [1.807, 2.05) is 89.8 Å². The molecule has 0 spiro atoms. The second-order valence-electron chi connectivity index (χ2n) is 6.96. The number of carbonyl (C=O) groups excluding carboxylic acids is 2. The predicted octanol–water partition coefficient (Wildman–Crippen LogP) is 3.32. The second-order valence-corrected chi connectivity index (χ2v) is 6.96.